The number of benzene rings is 2. The Bertz CT molecular complexity index is 909. The number of hydrogen-bond acceptors (Lipinski definition) is 4. The Balaban J connectivity index is 1.75. The van der Waals surface area contributed by atoms with Gasteiger partial charge in [0.1, 0.15) is 0 Å². The zero-order chi connectivity index (χ0) is 20.3. The molecule has 0 spiro atoms. The number of rotatable bonds is 5. The highest BCUT2D eigenvalue weighted by molar-refractivity contribution is 5.98. The molecule has 0 fully saturated rings. The number of esters is 1. The molecule has 0 bridgehead atoms. The van der Waals surface area contributed by atoms with E-state index in [1.165, 1.54) is 18.9 Å². The minimum absolute atomic E-state index is 0.0205. The third kappa shape index (κ3) is 3.91. The second-order valence-electron chi connectivity index (χ2n) is 6.91. The Morgan fingerprint density at radius 2 is 1.89 bits per heavy atom. The molecule has 1 unspecified atom stereocenters. The molecule has 2 amide bonds. The monoisotopic (exact) mass is 380 g/mol. The number of hydrogen-bond donors (Lipinski definition) is 0. The highest BCUT2D eigenvalue weighted by Crippen LogP contribution is 2.32. The third-order valence-corrected chi connectivity index (χ3v) is 4.98. The summed E-state index contributed by atoms with van der Waals surface area (Å²) in [6, 6.07) is 14.7. The van der Waals surface area contributed by atoms with Crippen molar-refractivity contribution in [3.8, 4) is 0 Å². The predicted molar refractivity (Wildman–Crippen MR) is 108 cm³/mol. The number of amides is 2. The van der Waals surface area contributed by atoms with Gasteiger partial charge in [0.25, 0.3) is 0 Å². The van der Waals surface area contributed by atoms with Crippen LogP contribution in [0.4, 0.5) is 11.4 Å². The summed E-state index contributed by atoms with van der Waals surface area (Å²) < 4.78 is 4.74. The number of ether oxygens (including phenoxy) is 1. The van der Waals surface area contributed by atoms with Crippen molar-refractivity contribution < 1.29 is 19.1 Å². The topological polar surface area (TPSA) is 66.9 Å². The number of fused-ring (bicyclic) bond motifs is 1. The first kappa shape index (κ1) is 19.6. The smallest absolute Gasteiger partial charge is 0.337 e. The molecule has 6 nitrogen and oxygen atoms in total. The Morgan fingerprint density at radius 3 is 2.61 bits per heavy atom. The molecule has 1 heterocycles. The lowest BCUT2D eigenvalue weighted by Gasteiger charge is -2.26. The molecule has 0 saturated heterocycles. The van der Waals surface area contributed by atoms with Crippen LogP contribution in [0, 0.1) is 0 Å². The highest BCUT2D eigenvalue weighted by Gasteiger charge is 2.30. The number of carbonyl (C=O) groups is 3. The molecule has 2 aromatic rings. The van der Waals surface area contributed by atoms with Crippen molar-refractivity contribution in [1.29, 1.82) is 0 Å². The molecular formula is C22H24N2O4. The van der Waals surface area contributed by atoms with E-state index in [1.807, 2.05) is 36.1 Å². The van der Waals surface area contributed by atoms with Gasteiger partial charge in [-0.05, 0) is 43.2 Å². The van der Waals surface area contributed by atoms with Crippen LogP contribution in [0.3, 0.4) is 0 Å². The van der Waals surface area contributed by atoms with Crippen molar-refractivity contribution in [2.45, 2.75) is 32.7 Å². The quantitative estimate of drug-likeness (QED) is 0.747. The fourth-order valence-corrected chi connectivity index (χ4v) is 3.66. The highest BCUT2D eigenvalue weighted by atomic mass is 16.5. The Hall–Kier alpha value is -3.15. The molecular weight excluding hydrogens is 356 g/mol. The maximum atomic E-state index is 12.9. The molecule has 0 radical (unpaired) electrons. The molecule has 1 aliphatic rings. The average molecular weight is 380 g/mol. The number of methoxy groups -OCH3 is 1. The first-order chi connectivity index (χ1) is 13.4. The third-order valence-electron chi connectivity index (χ3n) is 4.98. The van der Waals surface area contributed by atoms with Crippen LogP contribution in [0.15, 0.2) is 48.5 Å². The van der Waals surface area contributed by atoms with Gasteiger partial charge in [0.05, 0.1) is 12.7 Å². The van der Waals surface area contributed by atoms with Gasteiger partial charge in [-0.2, -0.15) is 0 Å². The first-order valence-electron chi connectivity index (χ1n) is 9.29. The fraction of sp³-hybridized carbons (Fsp3) is 0.318. The van der Waals surface area contributed by atoms with Crippen LogP contribution < -0.4 is 9.80 Å². The summed E-state index contributed by atoms with van der Waals surface area (Å²) >= 11 is 0. The number of para-hydroxylation sites is 1. The molecule has 146 valence electrons. The molecule has 3 rings (SSSR count). The molecule has 1 atom stereocenters. The lowest BCUT2D eigenvalue weighted by molar-refractivity contribution is -0.119. The van der Waals surface area contributed by atoms with Gasteiger partial charge in [0.15, 0.2) is 0 Å². The Kier molecular flexibility index (Phi) is 5.78. The van der Waals surface area contributed by atoms with Crippen LogP contribution in [0.25, 0.3) is 0 Å². The van der Waals surface area contributed by atoms with E-state index in [-0.39, 0.29) is 30.8 Å². The summed E-state index contributed by atoms with van der Waals surface area (Å²) in [7, 11) is 1.31. The summed E-state index contributed by atoms with van der Waals surface area (Å²) in [5.41, 5.74) is 3.04. The van der Waals surface area contributed by atoms with E-state index in [9.17, 15) is 14.4 Å². The normalized spacial score (nSPS) is 15.1. The molecule has 0 aliphatic carbocycles. The Morgan fingerprint density at radius 1 is 1.14 bits per heavy atom. The lowest BCUT2D eigenvalue weighted by atomic mass is 10.1. The van der Waals surface area contributed by atoms with E-state index in [0.29, 0.717) is 11.3 Å². The second-order valence-corrected chi connectivity index (χ2v) is 6.91. The largest absolute Gasteiger partial charge is 0.465 e. The van der Waals surface area contributed by atoms with Gasteiger partial charge in [-0.25, -0.2) is 4.79 Å². The van der Waals surface area contributed by atoms with Crippen molar-refractivity contribution >= 4 is 29.2 Å². The molecule has 6 heteroatoms. The van der Waals surface area contributed by atoms with E-state index in [0.717, 1.165) is 17.7 Å². The van der Waals surface area contributed by atoms with Gasteiger partial charge in [-0.3, -0.25) is 9.59 Å². The summed E-state index contributed by atoms with van der Waals surface area (Å²) in [6.45, 7) is 3.72. The van der Waals surface area contributed by atoms with Crippen LogP contribution in [-0.4, -0.2) is 37.5 Å². The summed E-state index contributed by atoms with van der Waals surface area (Å²) in [4.78, 5) is 40.2. The van der Waals surface area contributed by atoms with Crippen LogP contribution >= 0.6 is 0 Å². The van der Waals surface area contributed by atoms with Gasteiger partial charge in [0.2, 0.25) is 11.8 Å². The van der Waals surface area contributed by atoms with Gasteiger partial charge >= 0.3 is 5.97 Å². The zero-order valence-corrected chi connectivity index (χ0v) is 16.3. The molecule has 2 aromatic carbocycles. The molecule has 0 aromatic heterocycles. The van der Waals surface area contributed by atoms with Crippen LogP contribution in [-0.2, 0) is 20.7 Å². The van der Waals surface area contributed by atoms with Gasteiger partial charge in [-0.1, -0.05) is 24.3 Å². The second kappa shape index (κ2) is 8.25. The number of nitrogens with zero attached hydrogens (tertiary/aromatic N) is 2. The standard InChI is InChI=1S/C22H24N2O4/c1-15-13-17-7-4-5-10-20(17)24(15)21(26)11-12-23(16(2)25)19-9-6-8-18(14-19)22(27)28-3/h4-10,14-15H,11-13H2,1-3H3. The molecule has 28 heavy (non-hydrogen) atoms. The lowest BCUT2D eigenvalue weighted by Crippen LogP contribution is -2.39. The van der Waals surface area contributed by atoms with Crippen molar-refractivity contribution in [3.05, 3.63) is 59.7 Å². The average Bonchev–Trinajstić information content (AvgIpc) is 3.03. The minimum atomic E-state index is -0.469. The SMILES string of the molecule is COC(=O)c1cccc(N(CCC(=O)N2c3ccccc3CC2C)C(C)=O)c1. The van der Waals surface area contributed by atoms with Gasteiger partial charge in [0, 0.05) is 37.3 Å². The fourth-order valence-electron chi connectivity index (χ4n) is 3.66. The van der Waals surface area contributed by atoms with E-state index in [4.69, 9.17) is 4.74 Å². The van der Waals surface area contributed by atoms with E-state index in [2.05, 4.69) is 0 Å². The van der Waals surface area contributed by atoms with Gasteiger partial charge in [-0.15, -0.1) is 0 Å². The first-order valence-corrected chi connectivity index (χ1v) is 9.29. The number of anilines is 2. The minimum Gasteiger partial charge on any atom is -0.465 e. The summed E-state index contributed by atoms with van der Waals surface area (Å²) in [5.74, 6) is -0.679. The molecule has 1 aliphatic heterocycles. The zero-order valence-electron chi connectivity index (χ0n) is 16.3. The maximum Gasteiger partial charge on any atom is 0.337 e. The predicted octanol–water partition coefficient (Wildman–Crippen LogP) is 3.19. The van der Waals surface area contributed by atoms with Gasteiger partial charge < -0.3 is 14.5 Å². The van der Waals surface area contributed by atoms with Crippen LogP contribution in [0.5, 0.6) is 0 Å². The number of carbonyl (C=O) groups excluding carboxylic acids is 3. The van der Waals surface area contributed by atoms with Crippen LogP contribution in [0.2, 0.25) is 0 Å². The summed E-state index contributed by atoms with van der Waals surface area (Å²) in [6.07, 6.45) is 1.03. The van der Waals surface area contributed by atoms with Crippen molar-refractivity contribution in [2.24, 2.45) is 0 Å². The van der Waals surface area contributed by atoms with Crippen molar-refractivity contribution in [2.75, 3.05) is 23.5 Å². The molecule has 0 saturated carbocycles. The van der Waals surface area contributed by atoms with E-state index in [1.54, 1.807) is 24.3 Å². The summed E-state index contributed by atoms with van der Waals surface area (Å²) in [5, 5.41) is 0. The van der Waals surface area contributed by atoms with E-state index < -0.39 is 5.97 Å². The van der Waals surface area contributed by atoms with Crippen molar-refractivity contribution in [3.63, 3.8) is 0 Å². The Labute approximate surface area is 164 Å². The van der Waals surface area contributed by atoms with Crippen molar-refractivity contribution in [1.82, 2.24) is 0 Å². The van der Waals surface area contributed by atoms with E-state index >= 15 is 0 Å². The molecule has 0 N–H and O–H groups in total. The van der Waals surface area contributed by atoms with Crippen LogP contribution in [0.1, 0.15) is 36.2 Å². The maximum absolute atomic E-state index is 12.9.